The van der Waals surface area contributed by atoms with Gasteiger partial charge < -0.3 is 5.11 Å². The molecule has 1 N–H and O–H groups in total. The van der Waals surface area contributed by atoms with E-state index in [0.29, 0.717) is 12.8 Å². The molecule has 0 saturated heterocycles. The van der Waals surface area contributed by atoms with Crippen molar-refractivity contribution in [2.24, 2.45) is 5.92 Å². The van der Waals surface area contributed by atoms with Crippen LogP contribution in [0.15, 0.2) is 10.9 Å². The molecule has 0 saturated carbocycles. The summed E-state index contributed by atoms with van der Waals surface area (Å²) in [6.45, 7) is 1.88. The predicted molar refractivity (Wildman–Crippen MR) is 47.2 cm³/mol. The average molecular weight is 185 g/mol. The molecule has 1 unspecified atom stereocenters. The molecule has 0 radical (unpaired) electrons. The SMILES string of the molecule is CCC(Cc1cscn1)C(=O)O. The van der Waals surface area contributed by atoms with E-state index in [0.717, 1.165) is 5.69 Å². The maximum absolute atomic E-state index is 10.6. The minimum absolute atomic E-state index is 0.285. The first-order chi connectivity index (χ1) is 5.74. The summed E-state index contributed by atoms with van der Waals surface area (Å²) < 4.78 is 0. The maximum atomic E-state index is 10.6. The Morgan fingerprint density at radius 3 is 3.00 bits per heavy atom. The Balaban J connectivity index is 2.54. The van der Waals surface area contributed by atoms with E-state index in [1.54, 1.807) is 5.51 Å². The van der Waals surface area contributed by atoms with Gasteiger partial charge in [0.25, 0.3) is 0 Å². The van der Waals surface area contributed by atoms with Crippen LogP contribution >= 0.6 is 11.3 Å². The molecule has 0 amide bonds. The van der Waals surface area contributed by atoms with Crippen LogP contribution in [-0.2, 0) is 11.2 Å². The molecule has 3 nitrogen and oxygen atoms in total. The van der Waals surface area contributed by atoms with Crippen LogP contribution in [0.3, 0.4) is 0 Å². The van der Waals surface area contributed by atoms with Crippen molar-refractivity contribution in [1.29, 1.82) is 0 Å². The number of hydrogen-bond donors (Lipinski definition) is 1. The maximum Gasteiger partial charge on any atom is 0.306 e. The van der Waals surface area contributed by atoms with Gasteiger partial charge in [-0.25, -0.2) is 4.98 Å². The molecule has 0 bridgehead atoms. The number of aromatic nitrogens is 1. The van der Waals surface area contributed by atoms with Crippen LogP contribution in [0.25, 0.3) is 0 Å². The molecule has 0 aliphatic heterocycles. The second-order valence-corrected chi connectivity index (χ2v) is 3.35. The highest BCUT2D eigenvalue weighted by atomic mass is 32.1. The number of carboxylic acids is 1. The van der Waals surface area contributed by atoms with Crippen molar-refractivity contribution in [3.63, 3.8) is 0 Å². The summed E-state index contributed by atoms with van der Waals surface area (Å²) in [5.41, 5.74) is 2.61. The Morgan fingerprint density at radius 1 is 1.83 bits per heavy atom. The third-order valence-electron chi connectivity index (χ3n) is 1.78. The van der Waals surface area contributed by atoms with Crippen molar-refractivity contribution in [2.75, 3.05) is 0 Å². The van der Waals surface area contributed by atoms with Gasteiger partial charge in [-0.1, -0.05) is 6.92 Å². The molecule has 0 fully saturated rings. The Morgan fingerprint density at radius 2 is 2.58 bits per heavy atom. The number of nitrogens with zero attached hydrogens (tertiary/aromatic N) is 1. The molecule has 0 aliphatic carbocycles. The van der Waals surface area contributed by atoms with Crippen molar-refractivity contribution < 1.29 is 9.90 Å². The molecule has 66 valence electrons. The van der Waals surface area contributed by atoms with Crippen LogP contribution < -0.4 is 0 Å². The lowest BCUT2D eigenvalue weighted by Crippen LogP contribution is -2.15. The van der Waals surface area contributed by atoms with E-state index >= 15 is 0 Å². The summed E-state index contributed by atoms with van der Waals surface area (Å²) >= 11 is 1.50. The number of rotatable bonds is 4. The summed E-state index contributed by atoms with van der Waals surface area (Å²) in [5, 5.41) is 10.6. The van der Waals surface area contributed by atoms with Gasteiger partial charge in [0.15, 0.2) is 0 Å². The first-order valence-corrected chi connectivity index (χ1v) is 4.78. The molecule has 1 aromatic rings. The molecule has 1 heterocycles. The molecular formula is C8H11NO2S. The lowest BCUT2D eigenvalue weighted by Gasteiger charge is -2.06. The Labute approximate surface area is 75.1 Å². The van der Waals surface area contributed by atoms with E-state index in [2.05, 4.69) is 4.98 Å². The van der Waals surface area contributed by atoms with Gasteiger partial charge in [-0.3, -0.25) is 4.79 Å². The summed E-state index contributed by atoms with van der Waals surface area (Å²) in [7, 11) is 0. The number of thiazole rings is 1. The topological polar surface area (TPSA) is 50.2 Å². The van der Waals surface area contributed by atoms with Crippen molar-refractivity contribution in [3.8, 4) is 0 Å². The van der Waals surface area contributed by atoms with E-state index in [4.69, 9.17) is 5.11 Å². The van der Waals surface area contributed by atoms with E-state index in [-0.39, 0.29) is 5.92 Å². The zero-order chi connectivity index (χ0) is 8.97. The fourth-order valence-corrected chi connectivity index (χ4v) is 1.57. The molecule has 1 rings (SSSR count). The van der Waals surface area contributed by atoms with E-state index in [1.165, 1.54) is 11.3 Å². The van der Waals surface area contributed by atoms with Crippen LogP contribution in [0.2, 0.25) is 0 Å². The van der Waals surface area contributed by atoms with Crippen LogP contribution in [0, 0.1) is 5.92 Å². The van der Waals surface area contributed by atoms with Crippen LogP contribution in [0.4, 0.5) is 0 Å². The van der Waals surface area contributed by atoms with Gasteiger partial charge >= 0.3 is 5.97 Å². The quantitative estimate of drug-likeness (QED) is 0.778. The minimum atomic E-state index is -0.731. The highest BCUT2D eigenvalue weighted by molar-refractivity contribution is 7.07. The second kappa shape index (κ2) is 4.21. The molecule has 1 aromatic heterocycles. The monoisotopic (exact) mass is 185 g/mol. The molecule has 0 aromatic carbocycles. The van der Waals surface area contributed by atoms with Gasteiger partial charge in [0, 0.05) is 11.8 Å². The third kappa shape index (κ3) is 2.30. The fourth-order valence-electron chi connectivity index (χ4n) is 0.997. The summed E-state index contributed by atoms with van der Waals surface area (Å²) in [4.78, 5) is 14.7. The third-order valence-corrected chi connectivity index (χ3v) is 2.42. The molecule has 0 aliphatic rings. The fraction of sp³-hybridized carbons (Fsp3) is 0.500. The smallest absolute Gasteiger partial charge is 0.306 e. The van der Waals surface area contributed by atoms with Gasteiger partial charge in [-0.2, -0.15) is 0 Å². The molecule has 4 heteroatoms. The highest BCUT2D eigenvalue weighted by Gasteiger charge is 2.15. The standard InChI is InChI=1S/C8H11NO2S/c1-2-6(8(10)11)3-7-4-12-5-9-7/h4-6H,2-3H2,1H3,(H,10,11). The first-order valence-electron chi connectivity index (χ1n) is 3.84. The second-order valence-electron chi connectivity index (χ2n) is 2.63. The van der Waals surface area contributed by atoms with E-state index in [1.807, 2.05) is 12.3 Å². The largest absolute Gasteiger partial charge is 0.481 e. The zero-order valence-electron chi connectivity index (χ0n) is 6.86. The lowest BCUT2D eigenvalue weighted by atomic mass is 10.0. The van der Waals surface area contributed by atoms with Crippen molar-refractivity contribution in [1.82, 2.24) is 4.98 Å². The van der Waals surface area contributed by atoms with Crippen molar-refractivity contribution >= 4 is 17.3 Å². The van der Waals surface area contributed by atoms with Gasteiger partial charge in [0.2, 0.25) is 0 Å². The molecule has 0 spiro atoms. The summed E-state index contributed by atoms with van der Waals surface area (Å²) in [6, 6.07) is 0. The molecule has 12 heavy (non-hydrogen) atoms. The summed E-state index contributed by atoms with van der Waals surface area (Å²) in [6.07, 6.45) is 1.21. The van der Waals surface area contributed by atoms with Crippen LogP contribution in [0.5, 0.6) is 0 Å². The van der Waals surface area contributed by atoms with Crippen LogP contribution in [0.1, 0.15) is 19.0 Å². The van der Waals surface area contributed by atoms with Gasteiger partial charge in [0.1, 0.15) is 0 Å². The number of carboxylic acid groups (broad SMARTS) is 1. The average Bonchev–Trinajstić information content (AvgIpc) is 2.51. The summed E-state index contributed by atoms with van der Waals surface area (Å²) in [5.74, 6) is -1.02. The highest BCUT2D eigenvalue weighted by Crippen LogP contribution is 2.12. The van der Waals surface area contributed by atoms with Crippen molar-refractivity contribution in [2.45, 2.75) is 19.8 Å². The lowest BCUT2D eigenvalue weighted by molar-refractivity contribution is -0.141. The van der Waals surface area contributed by atoms with Gasteiger partial charge in [-0.15, -0.1) is 11.3 Å². The molecule has 1 atom stereocenters. The number of carbonyl (C=O) groups is 1. The minimum Gasteiger partial charge on any atom is -0.481 e. The Kier molecular flexibility index (Phi) is 3.22. The number of aliphatic carboxylic acids is 1. The van der Waals surface area contributed by atoms with Gasteiger partial charge in [0.05, 0.1) is 17.1 Å². The normalized spacial score (nSPS) is 12.8. The number of hydrogen-bond acceptors (Lipinski definition) is 3. The van der Waals surface area contributed by atoms with E-state index in [9.17, 15) is 4.79 Å². The zero-order valence-corrected chi connectivity index (χ0v) is 7.67. The van der Waals surface area contributed by atoms with E-state index < -0.39 is 5.97 Å². The first kappa shape index (κ1) is 9.19. The van der Waals surface area contributed by atoms with Crippen molar-refractivity contribution in [3.05, 3.63) is 16.6 Å². The predicted octanol–water partition coefficient (Wildman–Crippen LogP) is 1.80. The molecular weight excluding hydrogens is 174 g/mol. The van der Waals surface area contributed by atoms with Crippen LogP contribution in [-0.4, -0.2) is 16.1 Å². The Hall–Kier alpha value is -0.900. The van der Waals surface area contributed by atoms with Gasteiger partial charge in [-0.05, 0) is 6.42 Å². The Bertz CT molecular complexity index is 246.